The molecule has 31 heavy (non-hydrogen) atoms. The molecule has 0 spiro atoms. The number of hydrogen-bond acceptors (Lipinski definition) is 5. The molecule has 1 amide bonds. The molecule has 0 aliphatic heterocycles. The lowest BCUT2D eigenvalue weighted by Gasteiger charge is -2.12. The van der Waals surface area contributed by atoms with Crippen LogP contribution >= 0.6 is 11.3 Å². The summed E-state index contributed by atoms with van der Waals surface area (Å²) in [6.07, 6.45) is 0. The summed E-state index contributed by atoms with van der Waals surface area (Å²) >= 11 is 1.57. The van der Waals surface area contributed by atoms with Crippen LogP contribution in [-0.4, -0.2) is 19.3 Å². The topological polar surface area (TPSA) is 102 Å². The van der Waals surface area contributed by atoms with Crippen molar-refractivity contribution in [3.05, 3.63) is 82.2 Å². The Hall–Kier alpha value is -3.07. The van der Waals surface area contributed by atoms with Crippen molar-refractivity contribution in [1.82, 2.24) is 10.3 Å². The molecule has 0 atom stereocenters. The summed E-state index contributed by atoms with van der Waals surface area (Å²) in [6, 6.07) is 15.9. The third-order valence-electron chi connectivity index (χ3n) is 4.97. The van der Waals surface area contributed by atoms with Crippen molar-refractivity contribution in [3.8, 4) is 10.6 Å². The molecule has 2 aromatic heterocycles. The molecule has 4 aromatic rings. The van der Waals surface area contributed by atoms with Crippen LogP contribution in [0, 0.1) is 13.8 Å². The number of carbonyl (C=O) groups excluding carboxylic acids is 1. The lowest BCUT2D eigenvalue weighted by molar-refractivity contribution is 0.0952. The summed E-state index contributed by atoms with van der Waals surface area (Å²) in [5.41, 5.74) is 4.96. The monoisotopic (exact) mass is 451 g/mol. The summed E-state index contributed by atoms with van der Waals surface area (Å²) in [7, 11) is -3.75. The van der Waals surface area contributed by atoms with E-state index in [-0.39, 0.29) is 17.3 Å². The van der Waals surface area contributed by atoms with Crippen molar-refractivity contribution >= 4 is 38.2 Å². The number of carbonyl (C=O) groups is 1. The van der Waals surface area contributed by atoms with Crippen LogP contribution < -0.4 is 10.5 Å². The molecule has 0 saturated heterocycles. The molecule has 0 aliphatic rings. The van der Waals surface area contributed by atoms with Gasteiger partial charge in [0.15, 0.2) is 0 Å². The summed E-state index contributed by atoms with van der Waals surface area (Å²) in [6.45, 7) is 4.25. The van der Waals surface area contributed by atoms with Crippen LogP contribution in [0.2, 0.25) is 0 Å². The second kappa shape index (κ2) is 8.22. The third-order valence-corrected chi connectivity index (χ3v) is 6.79. The van der Waals surface area contributed by atoms with Crippen molar-refractivity contribution in [2.45, 2.75) is 25.3 Å². The Morgan fingerprint density at radius 3 is 2.48 bits per heavy atom. The molecule has 0 aliphatic carbocycles. The summed E-state index contributed by atoms with van der Waals surface area (Å²) < 4.78 is 22.8. The number of primary sulfonamides is 1. The van der Waals surface area contributed by atoms with Crippen LogP contribution in [0.4, 0.5) is 0 Å². The molecule has 4 rings (SSSR count). The number of amides is 1. The van der Waals surface area contributed by atoms with Crippen LogP contribution in [0.5, 0.6) is 0 Å². The van der Waals surface area contributed by atoms with Gasteiger partial charge in [0.2, 0.25) is 10.0 Å². The average molecular weight is 452 g/mol. The highest BCUT2D eigenvalue weighted by molar-refractivity contribution is 7.89. The number of fused-ring (bicyclic) bond motifs is 1. The first-order valence-electron chi connectivity index (χ1n) is 9.58. The minimum absolute atomic E-state index is 0.0363. The van der Waals surface area contributed by atoms with E-state index < -0.39 is 10.0 Å². The van der Waals surface area contributed by atoms with Gasteiger partial charge >= 0.3 is 0 Å². The summed E-state index contributed by atoms with van der Waals surface area (Å²) in [5, 5.41) is 10.9. The molecule has 0 unspecified atom stereocenters. The maximum atomic E-state index is 13.2. The van der Waals surface area contributed by atoms with Gasteiger partial charge in [0.25, 0.3) is 5.91 Å². The number of aromatic nitrogens is 1. The lowest BCUT2D eigenvalue weighted by atomic mass is 10.0. The first-order chi connectivity index (χ1) is 14.7. The second-order valence-corrected chi connectivity index (χ2v) is 9.89. The van der Waals surface area contributed by atoms with Gasteiger partial charge in [-0.05, 0) is 60.7 Å². The molecule has 8 heteroatoms. The third kappa shape index (κ3) is 4.51. The van der Waals surface area contributed by atoms with Gasteiger partial charge in [-0.25, -0.2) is 18.5 Å². The number of rotatable bonds is 5. The minimum atomic E-state index is -3.75. The van der Waals surface area contributed by atoms with E-state index in [2.05, 4.69) is 11.4 Å². The zero-order valence-corrected chi connectivity index (χ0v) is 18.7. The number of nitrogens with two attached hydrogens (primary N) is 1. The van der Waals surface area contributed by atoms with Crippen molar-refractivity contribution in [1.29, 1.82) is 0 Å². The first-order valence-corrected chi connectivity index (χ1v) is 12.0. The van der Waals surface area contributed by atoms with Crippen LogP contribution in [-0.2, 0) is 16.6 Å². The molecule has 0 bridgehead atoms. The van der Waals surface area contributed by atoms with Gasteiger partial charge < -0.3 is 5.32 Å². The number of hydrogen-bond donors (Lipinski definition) is 2. The minimum Gasteiger partial charge on any atom is -0.348 e. The lowest BCUT2D eigenvalue weighted by Crippen LogP contribution is -2.23. The highest BCUT2D eigenvalue weighted by atomic mass is 32.2. The zero-order chi connectivity index (χ0) is 22.2. The molecule has 2 aromatic carbocycles. The maximum absolute atomic E-state index is 13.2. The van der Waals surface area contributed by atoms with Crippen LogP contribution in [0.3, 0.4) is 0 Å². The fourth-order valence-corrected chi connectivity index (χ4v) is 4.70. The van der Waals surface area contributed by atoms with E-state index in [9.17, 15) is 13.2 Å². The van der Waals surface area contributed by atoms with Crippen LogP contribution in [0.15, 0.2) is 64.9 Å². The maximum Gasteiger partial charge on any atom is 0.252 e. The highest BCUT2D eigenvalue weighted by Crippen LogP contribution is 2.30. The summed E-state index contributed by atoms with van der Waals surface area (Å²) in [4.78, 5) is 19.0. The molecule has 0 radical (unpaired) electrons. The van der Waals surface area contributed by atoms with Gasteiger partial charge in [-0.3, -0.25) is 4.79 Å². The Bertz CT molecular complexity index is 1380. The average Bonchev–Trinajstić information content (AvgIpc) is 3.26. The SMILES string of the molecule is Cc1cc(C)c2nc(-c3cccs3)cc(C(=O)NCc3ccc(S(N)(=O)=O)cc3)c2c1. The first kappa shape index (κ1) is 21.2. The standard InChI is InChI=1S/C23H21N3O3S2/c1-14-10-15(2)22-18(11-14)19(12-20(26-22)21-4-3-9-30-21)23(27)25-13-16-5-7-17(8-6-16)31(24,28)29/h3-12H,13H2,1-2H3,(H,25,27)(H2,24,28,29). The molecule has 158 valence electrons. The van der Waals surface area contributed by atoms with E-state index in [1.807, 2.05) is 43.5 Å². The fraction of sp³-hybridized carbons (Fsp3) is 0.130. The highest BCUT2D eigenvalue weighted by Gasteiger charge is 2.16. The van der Waals surface area contributed by atoms with Gasteiger partial charge in [0.1, 0.15) is 0 Å². The molecule has 2 heterocycles. The molecule has 3 N–H and O–H groups in total. The van der Waals surface area contributed by atoms with Gasteiger partial charge in [-0.15, -0.1) is 11.3 Å². The van der Waals surface area contributed by atoms with Gasteiger partial charge in [0, 0.05) is 11.9 Å². The Kier molecular flexibility index (Phi) is 5.62. The predicted octanol–water partition coefficient (Wildman–Crippen LogP) is 4.16. The summed E-state index contributed by atoms with van der Waals surface area (Å²) in [5.74, 6) is -0.217. The Balaban J connectivity index is 1.68. The van der Waals surface area contributed by atoms with Gasteiger partial charge in [0.05, 0.1) is 26.5 Å². The number of nitrogens with zero attached hydrogens (tertiary/aromatic N) is 1. The predicted molar refractivity (Wildman–Crippen MR) is 124 cm³/mol. The van der Waals surface area contributed by atoms with Crippen LogP contribution in [0.25, 0.3) is 21.5 Å². The molecule has 0 fully saturated rings. The van der Waals surface area contributed by atoms with E-state index in [4.69, 9.17) is 10.1 Å². The normalized spacial score (nSPS) is 11.6. The Morgan fingerprint density at radius 2 is 1.84 bits per heavy atom. The molecular weight excluding hydrogens is 430 g/mol. The fourth-order valence-electron chi connectivity index (χ4n) is 3.49. The van der Waals surface area contributed by atoms with E-state index >= 15 is 0 Å². The van der Waals surface area contributed by atoms with Gasteiger partial charge in [-0.1, -0.05) is 29.8 Å². The number of pyridine rings is 1. The van der Waals surface area contributed by atoms with Crippen molar-refractivity contribution < 1.29 is 13.2 Å². The second-order valence-electron chi connectivity index (χ2n) is 7.38. The number of thiophene rings is 1. The molecular formula is C23H21N3O3S2. The quantitative estimate of drug-likeness (QED) is 0.476. The van der Waals surface area contributed by atoms with E-state index in [0.29, 0.717) is 5.56 Å². The van der Waals surface area contributed by atoms with Crippen molar-refractivity contribution in [2.75, 3.05) is 0 Å². The van der Waals surface area contributed by atoms with E-state index in [1.165, 1.54) is 12.1 Å². The smallest absolute Gasteiger partial charge is 0.252 e. The zero-order valence-electron chi connectivity index (χ0n) is 17.0. The number of sulfonamides is 1. The van der Waals surface area contributed by atoms with E-state index in [0.717, 1.165) is 38.2 Å². The van der Waals surface area contributed by atoms with Crippen molar-refractivity contribution in [3.63, 3.8) is 0 Å². The van der Waals surface area contributed by atoms with Gasteiger partial charge in [-0.2, -0.15) is 0 Å². The Labute approximate surface area is 184 Å². The molecule has 6 nitrogen and oxygen atoms in total. The van der Waals surface area contributed by atoms with Crippen molar-refractivity contribution in [2.24, 2.45) is 5.14 Å². The number of nitrogens with one attached hydrogen (secondary N) is 1. The van der Waals surface area contributed by atoms with E-state index in [1.54, 1.807) is 23.5 Å². The number of aryl methyl sites for hydroxylation is 2. The largest absolute Gasteiger partial charge is 0.348 e. The molecule has 0 saturated carbocycles. The Morgan fingerprint density at radius 1 is 1.10 bits per heavy atom. The van der Waals surface area contributed by atoms with Crippen LogP contribution in [0.1, 0.15) is 27.0 Å². The number of benzene rings is 2.